The Morgan fingerprint density at radius 2 is 2.11 bits per heavy atom. The molecule has 1 aromatic carbocycles. The van der Waals surface area contributed by atoms with Gasteiger partial charge in [0.05, 0.1) is 19.8 Å². The lowest BCUT2D eigenvalue weighted by Crippen LogP contribution is -2.24. The molecule has 0 saturated carbocycles. The highest BCUT2D eigenvalue weighted by Gasteiger charge is 2.12. The van der Waals surface area contributed by atoms with Crippen molar-refractivity contribution < 1.29 is 14.3 Å². The molecule has 0 saturated heterocycles. The first kappa shape index (κ1) is 14.1. The van der Waals surface area contributed by atoms with Crippen LogP contribution in [0.3, 0.4) is 0 Å². The Balaban J connectivity index is 2.76. The molecule has 0 aliphatic carbocycles. The van der Waals surface area contributed by atoms with Gasteiger partial charge in [0.15, 0.2) is 0 Å². The van der Waals surface area contributed by atoms with E-state index in [1.807, 2.05) is 19.1 Å². The number of carbonyl (C=O) groups excluding carboxylic acids is 1. The highest BCUT2D eigenvalue weighted by atomic mass is 16.5. The highest BCUT2D eigenvalue weighted by Crippen LogP contribution is 2.23. The van der Waals surface area contributed by atoms with Gasteiger partial charge < -0.3 is 14.8 Å². The van der Waals surface area contributed by atoms with E-state index in [0.717, 1.165) is 6.42 Å². The Hall–Kier alpha value is -1.97. The summed E-state index contributed by atoms with van der Waals surface area (Å²) in [6.07, 6.45) is 4.77. The first-order valence-electron chi connectivity index (χ1n) is 5.84. The van der Waals surface area contributed by atoms with E-state index in [9.17, 15) is 4.79 Å². The Bertz CT molecular complexity index is 427. The molecule has 4 nitrogen and oxygen atoms in total. The molecule has 0 atom stereocenters. The summed E-state index contributed by atoms with van der Waals surface area (Å²) in [6.45, 7) is 2.55. The molecule has 0 aromatic heterocycles. The Labute approximate surface area is 108 Å². The molecule has 0 bridgehead atoms. The molecule has 0 unspecified atom stereocenters. The molecule has 0 spiro atoms. The van der Waals surface area contributed by atoms with Gasteiger partial charge >= 0.3 is 0 Å². The molecule has 1 amide bonds. The van der Waals surface area contributed by atoms with Crippen molar-refractivity contribution in [3.05, 3.63) is 35.9 Å². The van der Waals surface area contributed by atoms with Crippen LogP contribution in [0.15, 0.2) is 30.4 Å². The first-order valence-corrected chi connectivity index (χ1v) is 5.84. The Morgan fingerprint density at radius 3 is 2.72 bits per heavy atom. The molecule has 0 radical (unpaired) electrons. The second-order valence-electron chi connectivity index (χ2n) is 3.68. The Kier molecular flexibility index (Phi) is 5.77. The summed E-state index contributed by atoms with van der Waals surface area (Å²) in [5.74, 6) is 1.02. The largest absolute Gasteiger partial charge is 0.497 e. The normalized spacial score (nSPS) is 10.4. The SMILES string of the molecule is C/C=C/CCNC(=O)c1cc(OC)ccc1OC. The lowest BCUT2D eigenvalue weighted by Gasteiger charge is -2.10. The van der Waals surface area contributed by atoms with Gasteiger partial charge in [-0.2, -0.15) is 0 Å². The van der Waals surface area contributed by atoms with Crippen LogP contribution in [0.25, 0.3) is 0 Å². The highest BCUT2D eigenvalue weighted by molar-refractivity contribution is 5.97. The van der Waals surface area contributed by atoms with Gasteiger partial charge in [0, 0.05) is 6.54 Å². The van der Waals surface area contributed by atoms with Crippen LogP contribution in [-0.2, 0) is 0 Å². The van der Waals surface area contributed by atoms with Crippen LogP contribution in [0.5, 0.6) is 11.5 Å². The van der Waals surface area contributed by atoms with E-state index in [-0.39, 0.29) is 5.91 Å². The molecule has 0 fully saturated rings. The van der Waals surface area contributed by atoms with E-state index in [4.69, 9.17) is 9.47 Å². The van der Waals surface area contributed by atoms with Crippen molar-refractivity contribution in [2.24, 2.45) is 0 Å². The maximum Gasteiger partial charge on any atom is 0.255 e. The number of ether oxygens (including phenoxy) is 2. The van der Waals surface area contributed by atoms with E-state index in [0.29, 0.717) is 23.6 Å². The van der Waals surface area contributed by atoms with Gasteiger partial charge in [0.2, 0.25) is 0 Å². The number of hydrogen-bond acceptors (Lipinski definition) is 3. The Morgan fingerprint density at radius 1 is 1.33 bits per heavy atom. The summed E-state index contributed by atoms with van der Waals surface area (Å²) in [5, 5.41) is 2.83. The van der Waals surface area contributed by atoms with Crippen LogP contribution < -0.4 is 14.8 Å². The van der Waals surface area contributed by atoms with Crippen molar-refractivity contribution >= 4 is 5.91 Å². The first-order chi connectivity index (χ1) is 8.72. The third kappa shape index (κ3) is 3.80. The van der Waals surface area contributed by atoms with Crippen LogP contribution in [-0.4, -0.2) is 26.7 Å². The second-order valence-corrected chi connectivity index (χ2v) is 3.68. The zero-order valence-corrected chi connectivity index (χ0v) is 11.0. The van der Waals surface area contributed by atoms with Gasteiger partial charge in [-0.05, 0) is 31.5 Å². The number of carbonyl (C=O) groups is 1. The monoisotopic (exact) mass is 249 g/mol. The standard InChI is InChI=1S/C14H19NO3/c1-4-5-6-9-15-14(16)12-10-11(17-2)7-8-13(12)18-3/h4-5,7-8,10H,6,9H2,1-3H3,(H,15,16)/b5-4+. The molecule has 0 aliphatic rings. The topological polar surface area (TPSA) is 47.6 Å². The van der Waals surface area contributed by atoms with E-state index >= 15 is 0 Å². The number of nitrogens with one attached hydrogen (secondary N) is 1. The van der Waals surface area contributed by atoms with Crippen LogP contribution in [0.2, 0.25) is 0 Å². The minimum Gasteiger partial charge on any atom is -0.497 e. The summed E-state index contributed by atoms with van der Waals surface area (Å²) in [7, 11) is 3.11. The van der Waals surface area contributed by atoms with E-state index in [1.165, 1.54) is 0 Å². The second kappa shape index (κ2) is 7.37. The fraction of sp³-hybridized carbons (Fsp3) is 0.357. The van der Waals surface area contributed by atoms with Crippen LogP contribution >= 0.6 is 0 Å². The molecule has 1 N–H and O–H groups in total. The van der Waals surface area contributed by atoms with Crippen LogP contribution in [0.4, 0.5) is 0 Å². The molecule has 18 heavy (non-hydrogen) atoms. The number of hydrogen-bond donors (Lipinski definition) is 1. The number of amides is 1. The average molecular weight is 249 g/mol. The van der Waals surface area contributed by atoms with Gasteiger partial charge in [0.1, 0.15) is 11.5 Å². The van der Waals surface area contributed by atoms with Crippen LogP contribution in [0, 0.1) is 0 Å². The molecule has 4 heteroatoms. The molecular formula is C14H19NO3. The maximum atomic E-state index is 12.0. The predicted molar refractivity (Wildman–Crippen MR) is 71.3 cm³/mol. The molecule has 1 aromatic rings. The third-order valence-electron chi connectivity index (χ3n) is 2.48. The molecule has 0 aliphatic heterocycles. The number of allylic oxidation sites excluding steroid dienone is 1. The quantitative estimate of drug-likeness (QED) is 0.622. The lowest BCUT2D eigenvalue weighted by molar-refractivity contribution is 0.0951. The van der Waals surface area contributed by atoms with Crippen molar-refractivity contribution in [1.29, 1.82) is 0 Å². The van der Waals surface area contributed by atoms with Crippen molar-refractivity contribution in [3.8, 4) is 11.5 Å². The number of benzene rings is 1. The molecule has 0 heterocycles. The third-order valence-corrected chi connectivity index (χ3v) is 2.48. The van der Waals surface area contributed by atoms with Crippen molar-refractivity contribution in [1.82, 2.24) is 5.32 Å². The predicted octanol–water partition coefficient (Wildman–Crippen LogP) is 2.40. The summed E-state index contributed by atoms with van der Waals surface area (Å²) in [6, 6.07) is 5.15. The van der Waals surface area contributed by atoms with Gasteiger partial charge in [-0.25, -0.2) is 0 Å². The smallest absolute Gasteiger partial charge is 0.255 e. The van der Waals surface area contributed by atoms with Gasteiger partial charge in [-0.15, -0.1) is 0 Å². The molecule has 98 valence electrons. The van der Waals surface area contributed by atoms with Gasteiger partial charge in [0.25, 0.3) is 5.91 Å². The van der Waals surface area contributed by atoms with Gasteiger partial charge in [-0.1, -0.05) is 12.2 Å². The number of methoxy groups -OCH3 is 2. The maximum absolute atomic E-state index is 12.0. The van der Waals surface area contributed by atoms with E-state index in [2.05, 4.69) is 5.32 Å². The summed E-state index contributed by atoms with van der Waals surface area (Å²) >= 11 is 0. The van der Waals surface area contributed by atoms with Crippen molar-refractivity contribution in [2.45, 2.75) is 13.3 Å². The average Bonchev–Trinajstić information content (AvgIpc) is 2.42. The van der Waals surface area contributed by atoms with E-state index < -0.39 is 0 Å². The molecular weight excluding hydrogens is 230 g/mol. The number of rotatable bonds is 6. The zero-order valence-electron chi connectivity index (χ0n) is 11.0. The van der Waals surface area contributed by atoms with Crippen molar-refractivity contribution in [2.75, 3.05) is 20.8 Å². The lowest BCUT2D eigenvalue weighted by atomic mass is 10.1. The zero-order chi connectivity index (χ0) is 13.4. The van der Waals surface area contributed by atoms with E-state index in [1.54, 1.807) is 32.4 Å². The van der Waals surface area contributed by atoms with Gasteiger partial charge in [-0.3, -0.25) is 4.79 Å². The summed E-state index contributed by atoms with van der Waals surface area (Å²) < 4.78 is 10.3. The fourth-order valence-corrected chi connectivity index (χ4v) is 1.52. The fourth-order valence-electron chi connectivity index (χ4n) is 1.52. The van der Waals surface area contributed by atoms with Crippen molar-refractivity contribution in [3.63, 3.8) is 0 Å². The molecule has 1 rings (SSSR count). The summed E-state index contributed by atoms with van der Waals surface area (Å²) in [4.78, 5) is 12.0. The van der Waals surface area contributed by atoms with Crippen LogP contribution in [0.1, 0.15) is 23.7 Å². The summed E-state index contributed by atoms with van der Waals surface area (Å²) in [5.41, 5.74) is 0.484. The minimum atomic E-state index is -0.157. The minimum absolute atomic E-state index is 0.157.